The molecule has 88 valence electrons. The summed E-state index contributed by atoms with van der Waals surface area (Å²) in [5, 5.41) is 0. The molecule has 0 spiro atoms. The molecule has 1 amide bonds. The highest BCUT2D eigenvalue weighted by atomic mass is 35.5. The molecule has 1 N–H and O–H groups in total. The van der Waals surface area contributed by atoms with Gasteiger partial charge in [-0.25, -0.2) is 4.21 Å². The first-order valence-electron chi connectivity index (χ1n) is 5.02. The van der Waals surface area contributed by atoms with Crippen molar-refractivity contribution in [3.8, 4) is 0 Å². The topological polar surface area (TPSA) is 61.2 Å². The van der Waals surface area contributed by atoms with Crippen LogP contribution in [0.1, 0.15) is 19.3 Å². The molecule has 4 nitrogen and oxygen atoms in total. The van der Waals surface area contributed by atoms with E-state index in [4.69, 9.17) is 16.4 Å². The van der Waals surface area contributed by atoms with Crippen molar-refractivity contribution in [3.05, 3.63) is 0 Å². The predicted molar refractivity (Wildman–Crippen MR) is 61.7 cm³/mol. The van der Waals surface area contributed by atoms with Crippen LogP contribution in [0.4, 0.5) is 0 Å². The summed E-state index contributed by atoms with van der Waals surface area (Å²) in [5.74, 6) is 1.28. The number of amides is 1. The fourth-order valence-corrected chi connectivity index (χ4v) is 3.67. The standard InChI is InChI=1S/C9H17ClN2O2S/c1-12(9(13)3-2-5-10)8-4-6-15(11,14)7-8/h8,11H,2-7H2,1H3. The molecule has 0 saturated carbocycles. The first kappa shape index (κ1) is 12.8. The van der Waals surface area contributed by atoms with E-state index in [1.54, 1.807) is 11.9 Å². The highest BCUT2D eigenvalue weighted by molar-refractivity contribution is 7.92. The normalized spacial score (nSPS) is 30.4. The van der Waals surface area contributed by atoms with Crippen molar-refractivity contribution in [2.45, 2.75) is 25.3 Å². The lowest BCUT2D eigenvalue weighted by Crippen LogP contribution is -2.37. The number of nitrogens with one attached hydrogen (secondary N) is 1. The summed E-state index contributed by atoms with van der Waals surface area (Å²) in [6.45, 7) is 0. The summed E-state index contributed by atoms with van der Waals surface area (Å²) < 4.78 is 18.9. The van der Waals surface area contributed by atoms with Gasteiger partial charge in [-0.1, -0.05) is 0 Å². The smallest absolute Gasteiger partial charge is 0.222 e. The summed E-state index contributed by atoms with van der Waals surface area (Å²) >= 11 is 5.51. The molecular weight excluding hydrogens is 236 g/mol. The minimum absolute atomic E-state index is 0.0159. The molecule has 0 radical (unpaired) electrons. The van der Waals surface area contributed by atoms with Crippen molar-refractivity contribution in [1.82, 2.24) is 4.90 Å². The van der Waals surface area contributed by atoms with Gasteiger partial charge in [0.15, 0.2) is 0 Å². The third kappa shape index (κ3) is 3.65. The van der Waals surface area contributed by atoms with E-state index in [-0.39, 0.29) is 11.9 Å². The number of nitrogens with zero attached hydrogens (tertiary/aromatic N) is 1. The number of carbonyl (C=O) groups is 1. The van der Waals surface area contributed by atoms with E-state index in [0.29, 0.717) is 36.6 Å². The summed E-state index contributed by atoms with van der Waals surface area (Å²) in [7, 11) is -0.690. The highest BCUT2D eigenvalue weighted by Crippen LogP contribution is 2.18. The number of rotatable bonds is 4. The molecule has 1 aliphatic rings. The number of hydrogen-bond donors (Lipinski definition) is 1. The lowest BCUT2D eigenvalue weighted by Gasteiger charge is -2.23. The van der Waals surface area contributed by atoms with E-state index in [0.717, 1.165) is 0 Å². The van der Waals surface area contributed by atoms with E-state index < -0.39 is 9.73 Å². The number of carbonyl (C=O) groups excluding carboxylic acids is 1. The molecule has 1 heterocycles. The van der Waals surface area contributed by atoms with Crippen molar-refractivity contribution in [3.63, 3.8) is 0 Å². The van der Waals surface area contributed by atoms with Crippen LogP contribution in [0.15, 0.2) is 0 Å². The Kier molecular flexibility index (Phi) is 4.40. The molecule has 0 aromatic heterocycles. The van der Waals surface area contributed by atoms with Gasteiger partial charge in [-0.2, -0.15) is 0 Å². The Morgan fingerprint density at radius 1 is 1.67 bits per heavy atom. The van der Waals surface area contributed by atoms with Gasteiger partial charge < -0.3 is 4.90 Å². The lowest BCUT2D eigenvalue weighted by molar-refractivity contribution is -0.131. The van der Waals surface area contributed by atoms with Gasteiger partial charge in [0, 0.05) is 40.9 Å². The third-order valence-electron chi connectivity index (χ3n) is 2.71. The fourth-order valence-electron chi connectivity index (χ4n) is 1.71. The Hall–Kier alpha value is -0.290. The average Bonchev–Trinajstić information content (AvgIpc) is 2.54. The molecule has 1 fully saturated rings. The molecular formula is C9H17ClN2O2S. The molecule has 6 heteroatoms. The van der Waals surface area contributed by atoms with E-state index in [1.165, 1.54) is 0 Å². The van der Waals surface area contributed by atoms with Gasteiger partial charge in [0.2, 0.25) is 5.91 Å². The highest BCUT2D eigenvalue weighted by Gasteiger charge is 2.30. The van der Waals surface area contributed by atoms with Gasteiger partial charge in [0.25, 0.3) is 0 Å². The van der Waals surface area contributed by atoms with Crippen LogP contribution in [0, 0.1) is 4.78 Å². The molecule has 0 aliphatic carbocycles. The molecule has 1 aliphatic heterocycles. The Labute approximate surface area is 95.9 Å². The van der Waals surface area contributed by atoms with E-state index >= 15 is 0 Å². The molecule has 1 saturated heterocycles. The van der Waals surface area contributed by atoms with E-state index in [9.17, 15) is 9.00 Å². The molecule has 2 atom stereocenters. The van der Waals surface area contributed by atoms with Gasteiger partial charge in [-0.05, 0) is 12.8 Å². The molecule has 2 unspecified atom stereocenters. The molecule has 0 aromatic rings. The van der Waals surface area contributed by atoms with Crippen LogP contribution in [-0.2, 0) is 14.5 Å². The quantitative estimate of drug-likeness (QED) is 0.767. The van der Waals surface area contributed by atoms with Crippen molar-refractivity contribution in [2.75, 3.05) is 24.4 Å². The van der Waals surface area contributed by atoms with Crippen LogP contribution in [-0.4, -0.2) is 45.5 Å². The SMILES string of the molecule is CN(C(=O)CCCCl)C1CCS(=N)(=O)C1. The minimum Gasteiger partial charge on any atom is -0.342 e. The molecule has 0 bridgehead atoms. The third-order valence-corrected chi connectivity index (χ3v) is 4.79. The molecule has 15 heavy (non-hydrogen) atoms. The number of halogens is 1. The van der Waals surface area contributed by atoms with Crippen LogP contribution in [0.5, 0.6) is 0 Å². The Bertz CT molecular complexity index is 329. The molecule has 0 aromatic carbocycles. The van der Waals surface area contributed by atoms with Gasteiger partial charge >= 0.3 is 0 Å². The van der Waals surface area contributed by atoms with Gasteiger partial charge in [0.1, 0.15) is 0 Å². The second-order valence-electron chi connectivity index (χ2n) is 3.92. The predicted octanol–water partition coefficient (Wildman–Crippen LogP) is 1.28. The lowest BCUT2D eigenvalue weighted by atomic mass is 10.2. The maximum Gasteiger partial charge on any atom is 0.222 e. The zero-order valence-corrected chi connectivity index (χ0v) is 10.4. The monoisotopic (exact) mass is 252 g/mol. The number of hydrogen-bond acceptors (Lipinski definition) is 3. The van der Waals surface area contributed by atoms with Crippen molar-refractivity contribution in [2.24, 2.45) is 0 Å². The van der Waals surface area contributed by atoms with Gasteiger partial charge in [0.05, 0.1) is 5.75 Å². The van der Waals surface area contributed by atoms with Gasteiger partial charge in [-0.15, -0.1) is 11.6 Å². The molecule has 1 rings (SSSR count). The van der Waals surface area contributed by atoms with Crippen LogP contribution < -0.4 is 0 Å². The van der Waals surface area contributed by atoms with Crippen molar-refractivity contribution >= 4 is 27.2 Å². The average molecular weight is 253 g/mol. The van der Waals surface area contributed by atoms with Crippen molar-refractivity contribution in [1.29, 1.82) is 4.78 Å². The van der Waals surface area contributed by atoms with E-state index in [1.807, 2.05) is 0 Å². The summed E-state index contributed by atoms with van der Waals surface area (Å²) in [5.41, 5.74) is 0. The Morgan fingerprint density at radius 3 is 2.80 bits per heavy atom. The second kappa shape index (κ2) is 5.16. The summed E-state index contributed by atoms with van der Waals surface area (Å²) in [6.07, 6.45) is 1.80. The van der Waals surface area contributed by atoms with Crippen LogP contribution in [0.2, 0.25) is 0 Å². The Morgan fingerprint density at radius 2 is 2.33 bits per heavy atom. The van der Waals surface area contributed by atoms with Crippen molar-refractivity contribution < 1.29 is 9.00 Å². The Balaban J connectivity index is 2.47. The summed E-state index contributed by atoms with van der Waals surface area (Å²) in [6, 6.07) is -0.0159. The largest absolute Gasteiger partial charge is 0.342 e. The fraction of sp³-hybridized carbons (Fsp3) is 0.889. The minimum atomic E-state index is -2.41. The van der Waals surface area contributed by atoms with Crippen LogP contribution in [0.25, 0.3) is 0 Å². The first-order chi connectivity index (χ1) is 6.96. The zero-order chi connectivity index (χ0) is 11.5. The van der Waals surface area contributed by atoms with Crippen LogP contribution >= 0.6 is 11.6 Å². The van der Waals surface area contributed by atoms with Gasteiger partial charge in [-0.3, -0.25) is 9.57 Å². The summed E-state index contributed by atoms with van der Waals surface area (Å²) in [4.78, 5) is 13.2. The second-order valence-corrected chi connectivity index (χ2v) is 6.67. The van der Waals surface area contributed by atoms with E-state index in [2.05, 4.69) is 0 Å². The maximum atomic E-state index is 11.6. The van der Waals surface area contributed by atoms with Crippen LogP contribution in [0.3, 0.4) is 0 Å². The zero-order valence-electron chi connectivity index (χ0n) is 8.87. The maximum absolute atomic E-state index is 11.6. The number of alkyl halides is 1. The first-order valence-corrected chi connectivity index (χ1v) is 7.45.